The third-order valence-electron chi connectivity index (χ3n) is 3.74. The molecule has 19 heavy (non-hydrogen) atoms. The van der Waals surface area contributed by atoms with Crippen LogP contribution < -0.4 is 10.5 Å². The molecule has 0 bridgehead atoms. The summed E-state index contributed by atoms with van der Waals surface area (Å²) in [6, 6.07) is 5.45. The molecule has 5 heteroatoms. The van der Waals surface area contributed by atoms with Crippen molar-refractivity contribution in [2.24, 2.45) is 5.41 Å². The summed E-state index contributed by atoms with van der Waals surface area (Å²) in [5.74, 6) is 2.34. The summed E-state index contributed by atoms with van der Waals surface area (Å²) >= 11 is 0. The maximum absolute atomic E-state index is 5.88. The molecule has 1 heterocycles. The van der Waals surface area contributed by atoms with E-state index in [1.54, 1.807) is 19.2 Å². The minimum Gasteiger partial charge on any atom is -0.495 e. The van der Waals surface area contributed by atoms with Gasteiger partial charge in [0.25, 0.3) is 5.89 Å². The fraction of sp³-hybridized carbons (Fsp3) is 0.429. The highest BCUT2D eigenvalue weighted by Crippen LogP contribution is 2.57. The van der Waals surface area contributed by atoms with Gasteiger partial charge in [-0.1, -0.05) is 19.0 Å². The van der Waals surface area contributed by atoms with E-state index >= 15 is 0 Å². The minimum absolute atomic E-state index is 0.292. The van der Waals surface area contributed by atoms with Crippen LogP contribution in [-0.4, -0.2) is 17.3 Å². The fourth-order valence-corrected chi connectivity index (χ4v) is 2.27. The Balaban J connectivity index is 1.89. The Bertz CT molecular complexity index is 619. The Kier molecular flexibility index (Phi) is 2.52. The molecule has 1 aromatic carbocycles. The van der Waals surface area contributed by atoms with Crippen LogP contribution in [0.5, 0.6) is 5.75 Å². The number of methoxy groups -OCH3 is 1. The number of rotatable bonds is 3. The van der Waals surface area contributed by atoms with Crippen LogP contribution >= 0.6 is 0 Å². The monoisotopic (exact) mass is 259 g/mol. The number of hydrogen-bond acceptors (Lipinski definition) is 5. The highest BCUT2D eigenvalue weighted by atomic mass is 16.5. The Labute approximate surface area is 111 Å². The number of nitrogen functional groups attached to an aromatic ring is 1. The predicted octanol–water partition coefficient (Wildman–Crippen LogP) is 2.84. The van der Waals surface area contributed by atoms with E-state index in [9.17, 15) is 0 Å². The molecular formula is C14H17N3O2. The van der Waals surface area contributed by atoms with Crippen LogP contribution in [0.15, 0.2) is 22.7 Å². The molecule has 1 aliphatic carbocycles. The van der Waals surface area contributed by atoms with Crippen molar-refractivity contribution in [1.82, 2.24) is 10.1 Å². The second-order valence-corrected chi connectivity index (χ2v) is 5.66. The third-order valence-corrected chi connectivity index (χ3v) is 3.74. The summed E-state index contributed by atoms with van der Waals surface area (Å²) in [6.45, 7) is 4.41. The first kappa shape index (κ1) is 12.0. The van der Waals surface area contributed by atoms with Gasteiger partial charge in [0, 0.05) is 11.5 Å². The van der Waals surface area contributed by atoms with Gasteiger partial charge in [0.2, 0.25) is 0 Å². The zero-order chi connectivity index (χ0) is 13.6. The van der Waals surface area contributed by atoms with Crippen molar-refractivity contribution in [3.8, 4) is 17.2 Å². The van der Waals surface area contributed by atoms with Crippen molar-refractivity contribution >= 4 is 5.69 Å². The van der Waals surface area contributed by atoms with Gasteiger partial charge in [0.15, 0.2) is 5.82 Å². The predicted molar refractivity (Wildman–Crippen MR) is 71.8 cm³/mol. The van der Waals surface area contributed by atoms with E-state index in [1.807, 2.05) is 6.07 Å². The van der Waals surface area contributed by atoms with E-state index in [0.29, 0.717) is 28.7 Å². The lowest BCUT2D eigenvalue weighted by Gasteiger charge is -2.04. The Hall–Kier alpha value is -2.04. The van der Waals surface area contributed by atoms with E-state index < -0.39 is 0 Å². The van der Waals surface area contributed by atoms with Gasteiger partial charge < -0.3 is 15.0 Å². The molecule has 2 N–H and O–H groups in total. The Morgan fingerprint density at radius 2 is 2.16 bits per heavy atom. The molecule has 0 aliphatic heterocycles. The van der Waals surface area contributed by atoms with Crippen molar-refractivity contribution in [2.75, 3.05) is 12.8 Å². The first-order valence-corrected chi connectivity index (χ1v) is 6.29. The molecule has 1 aliphatic rings. The molecule has 0 spiro atoms. The zero-order valence-electron chi connectivity index (χ0n) is 11.3. The number of ether oxygens (including phenoxy) is 1. The number of nitrogens with two attached hydrogens (primary N) is 1. The zero-order valence-corrected chi connectivity index (χ0v) is 11.3. The molecule has 1 atom stereocenters. The van der Waals surface area contributed by atoms with Crippen molar-refractivity contribution in [3.63, 3.8) is 0 Å². The molecule has 0 radical (unpaired) electrons. The van der Waals surface area contributed by atoms with Gasteiger partial charge >= 0.3 is 0 Å². The van der Waals surface area contributed by atoms with Crippen LogP contribution in [0.2, 0.25) is 0 Å². The van der Waals surface area contributed by atoms with Gasteiger partial charge in [-0.2, -0.15) is 4.98 Å². The molecule has 3 rings (SSSR count). The second-order valence-electron chi connectivity index (χ2n) is 5.66. The van der Waals surface area contributed by atoms with Crippen molar-refractivity contribution in [3.05, 3.63) is 24.0 Å². The minimum atomic E-state index is 0.292. The smallest absolute Gasteiger partial charge is 0.258 e. The number of anilines is 1. The van der Waals surface area contributed by atoms with E-state index in [-0.39, 0.29) is 0 Å². The quantitative estimate of drug-likeness (QED) is 0.858. The largest absolute Gasteiger partial charge is 0.495 e. The number of benzene rings is 1. The second kappa shape index (κ2) is 3.98. The summed E-state index contributed by atoms with van der Waals surface area (Å²) in [7, 11) is 1.59. The highest BCUT2D eigenvalue weighted by Gasteiger charge is 2.49. The SMILES string of the molecule is COc1ccc(-c2nc(C3CC3(C)C)no2)cc1N. The maximum atomic E-state index is 5.88. The van der Waals surface area contributed by atoms with Crippen LogP contribution in [-0.2, 0) is 0 Å². The lowest BCUT2D eigenvalue weighted by Crippen LogP contribution is -1.93. The number of hydrogen-bond donors (Lipinski definition) is 1. The molecule has 1 unspecified atom stereocenters. The molecule has 100 valence electrons. The van der Waals surface area contributed by atoms with Crippen LogP contribution in [0.3, 0.4) is 0 Å². The first-order chi connectivity index (χ1) is 9.01. The molecule has 0 amide bonds. The van der Waals surface area contributed by atoms with E-state index in [2.05, 4.69) is 24.0 Å². The van der Waals surface area contributed by atoms with Crippen molar-refractivity contribution < 1.29 is 9.26 Å². The van der Waals surface area contributed by atoms with Crippen LogP contribution in [0.1, 0.15) is 32.0 Å². The normalized spacial score (nSPS) is 20.3. The highest BCUT2D eigenvalue weighted by molar-refractivity contribution is 5.65. The van der Waals surface area contributed by atoms with Gasteiger partial charge in [0.05, 0.1) is 12.8 Å². The summed E-state index contributed by atoms with van der Waals surface area (Å²) in [4.78, 5) is 4.46. The van der Waals surface area contributed by atoms with Crippen LogP contribution in [0, 0.1) is 5.41 Å². The van der Waals surface area contributed by atoms with Crippen molar-refractivity contribution in [1.29, 1.82) is 0 Å². The molecule has 5 nitrogen and oxygen atoms in total. The number of aromatic nitrogens is 2. The average molecular weight is 259 g/mol. The standard InChI is InChI=1S/C14H17N3O2/c1-14(2)7-9(14)12-16-13(19-17-12)8-4-5-11(18-3)10(15)6-8/h4-6,9H,7,15H2,1-3H3. The summed E-state index contributed by atoms with van der Waals surface area (Å²) in [5.41, 5.74) is 7.55. The molecule has 1 fully saturated rings. The summed E-state index contributed by atoms with van der Waals surface area (Å²) in [5, 5.41) is 4.06. The van der Waals surface area contributed by atoms with Gasteiger partial charge in [-0.15, -0.1) is 0 Å². The van der Waals surface area contributed by atoms with Gasteiger partial charge in [-0.25, -0.2) is 0 Å². The summed E-state index contributed by atoms with van der Waals surface area (Å²) < 4.78 is 10.4. The third kappa shape index (κ3) is 2.05. The maximum Gasteiger partial charge on any atom is 0.258 e. The van der Waals surface area contributed by atoms with Gasteiger partial charge in [0.1, 0.15) is 5.75 Å². The van der Waals surface area contributed by atoms with Gasteiger partial charge in [-0.05, 0) is 30.0 Å². The van der Waals surface area contributed by atoms with E-state index in [0.717, 1.165) is 17.8 Å². The van der Waals surface area contributed by atoms with Crippen LogP contribution in [0.25, 0.3) is 11.5 Å². The Morgan fingerprint density at radius 3 is 2.74 bits per heavy atom. The molecule has 0 saturated heterocycles. The van der Waals surface area contributed by atoms with Crippen LogP contribution in [0.4, 0.5) is 5.69 Å². The molecule has 1 aromatic heterocycles. The first-order valence-electron chi connectivity index (χ1n) is 6.29. The lowest BCUT2D eigenvalue weighted by molar-refractivity contribution is 0.415. The lowest BCUT2D eigenvalue weighted by atomic mass is 10.1. The summed E-state index contributed by atoms with van der Waals surface area (Å²) in [6.07, 6.45) is 1.11. The van der Waals surface area contributed by atoms with Crippen molar-refractivity contribution in [2.45, 2.75) is 26.2 Å². The number of nitrogens with zero attached hydrogens (tertiary/aromatic N) is 2. The van der Waals surface area contributed by atoms with E-state index in [1.165, 1.54) is 0 Å². The average Bonchev–Trinajstić information content (AvgIpc) is 2.81. The van der Waals surface area contributed by atoms with Gasteiger partial charge in [-0.3, -0.25) is 0 Å². The fourth-order valence-electron chi connectivity index (χ4n) is 2.27. The molecular weight excluding hydrogens is 242 g/mol. The molecule has 1 saturated carbocycles. The molecule has 2 aromatic rings. The van der Waals surface area contributed by atoms with E-state index in [4.69, 9.17) is 15.0 Å². The Morgan fingerprint density at radius 1 is 1.42 bits per heavy atom. The topological polar surface area (TPSA) is 74.2 Å².